The standard InChI is InChI=1S/C4H11N3S/c1-3-5-4(8)6-7(3)2/h3-6,8H,1-2H3/p-1. The van der Waals surface area contributed by atoms with Crippen LogP contribution >= 0.6 is 0 Å². The molecule has 0 aliphatic carbocycles. The van der Waals surface area contributed by atoms with Crippen LogP contribution in [0.2, 0.25) is 0 Å². The predicted octanol–water partition coefficient (Wildman–Crippen LogP) is -0.798. The molecule has 1 heterocycles. The minimum Gasteiger partial charge on any atom is -0.757 e. The van der Waals surface area contributed by atoms with Gasteiger partial charge in [0.1, 0.15) is 0 Å². The summed E-state index contributed by atoms with van der Waals surface area (Å²) in [7, 11) is 1.96. The molecule has 0 aromatic carbocycles. The van der Waals surface area contributed by atoms with Crippen molar-refractivity contribution in [1.82, 2.24) is 15.8 Å². The largest absolute Gasteiger partial charge is 0.757 e. The van der Waals surface area contributed by atoms with E-state index in [9.17, 15) is 0 Å². The third-order valence-corrected chi connectivity index (χ3v) is 1.54. The van der Waals surface area contributed by atoms with E-state index in [4.69, 9.17) is 12.6 Å². The SMILES string of the molecule is CC1NC([S-])NN1C. The molecule has 0 aromatic rings. The lowest BCUT2D eigenvalue weighted by Gasteiger charge is -2.15. The zero-order valence-electron chi connectivity index (χ0n) is 5.01. The molecule has 0 amide bonds. The molecule has 2 unspecified atom stereocenters. The summed E-state index contributed by atoms with van der Waals surface area (Å²) in [5.41, 5.74) is 3.01. The van der Waals surface area contributed by atoms with Gasteiger partial charge in [-0.25, -0.2) is 5.01 Å². The summed E-state index contributed by atoms with van der Waals surface area (Å²) in [6.45, 7) is 2.05. The maximum absolute atomic E-state index is 4.89. The Balaban J connectivity index is 2.39. The van der Waals surface area contributed by atoms with Crippen molar-refractivity contribution in [3.63, 3.8) is 0 Å². The van der Waals surface area contributed by atoms with E-state index >= 15 is 0 Å². The minimum absolute atomic E-state index is 0.00926. The Bertz CT molecular complexity index is 77.4. The van der Waals surface area contributed by atoms with Crippen molar-refractivity contribution in [3.05, 3.63) is 0 Å². The smallest absolute Gasteiger partial charge is 0.0697 e. The molecule has 4 heteroatoms. The molecule has 0 spiro atoms. The van der Waals surface area contributed by atoms with Gasteiger partial charge in [-0.15, -0.1) is 0 Å². The van der Waals surface area contributed by atoms with E-state index in [-0.39, 0.29) is 5.50 Å². The van der Waals surface area contributed by atoms with Crippen molar-refractivity contribution in [2.24, 2.45) is 0 Å². The monoisotopic (exact) mass is 132 g/mol. The Morgan fingerprint density at radius 1 is 1.62 bits per heavy atom. The second-order valence-corrected chi connectivity index (χ2v) is 2.43. The Kier molecular flexibility index (Phi) is 1.77. The van der Waals surface area contributed by atoms with E-state index in [2.05, 4.69) is 17.7 Å². The van der Waals surface area contributed by atoms with E-state index in [1.807, 2.05) is 12.1 Å². The fourth-order valence-corrected chi connectivity index (χ4v) is 1.03. The van der Waals surface area contributed by atoms with Crippen molar-refractivity contribution in [2.45, 2.75) is 18.6 Å². The van der Waals surface area contributed by atoms with Crippen LogP contribution in [0.25, 0.3) is 0 Å². The minimum atomic E-state index is 0.00926. The zero-order chi connectivity index (χ0) is 6.15. The molecular formula is C4H10N3S-. The van der Waals surface area contributed by atoms with Gasteiger partial charge in [-0.3, -0.25) is 5.43 Å². The molecule has 2 atom stereocenters. The average Bonchev–Trinajstić information content (AvgIpc) is 1.85. The van der Waals surface area contributed by atoms with Crippen LogP contribution in [0.15, 0.2) is 0 Å². The molecule has 1 rings (SSSR count). The lowest BCUT2D eigenvalue weighted by atomic mass is 10.6. The Morgan fingerprint density at radius 3 is 2.38 bits per heavy atom. The van der Waals surface area contributed by atoms with Crippen LogP contribution in [0, 0.1) is 0 Å². The van der Waals surface area contributed by atoms with E-state index in [1.54, 1.807) is 0 Å². The summed E-state index contributed by atoms with van der Waals surface area (Å²) < 4.78 is 0. The second-order valence-electron chi connectivity index (χ2n) is 1.96. The van der Waals surface area contributed by atoms with Crippen LogP contribution in [0.3, 0.4) is 0 Å². The Hall–Kier alpha value is 0.230. The average molecular weight is 132 g/mol. The van der Waals surface area contributed by atoms with Gasteiger partial charge in [-0.1, -0.05) is 0 Å². The van der Waals surface area contributed by atoms with Crippen LogP contribution < -0.4 is 10.7 Å². The van der Waals surface area contributed by atoms with Crippen LogP contribution in [-0.4, -0.2) is 23.7 Å². The summed E-state index contributed by atoms with van der Waals surface area (Å²) in [5, 5.41) is 5.05. The van der Waals surface area contributed by atoms with Crippen molar-refractivity contribution in [3.8, 4) is 0 Å². The highest BCUT2D eigenvalue weighted by molar-refractivity contribution is 7.59. The fourth-order valence-electron chi connectivity index (χ4n) is 0.665. The fraction of sp³-hybridized carbons (Fsp3) is 1.00. The number of nitrogens with zero attached hydrogens (tertiary/aromatic N) is 1. The van der Waals surface area contributed by atoms with Crippen LogP contribution in [0.4, 0.5) is 0 Å². The first-order valence-electron chi connectivity index (χ1n) is 2.61. The molecular weight excluding hydrogens is 122 g/mol. The van der Waals surface area contributed by atoms with Gasteiger partial charge in [0, 0.05) is 7.05 Å². The molecule has 48 valence electrons. The van der Waals surface area contributed by atoms with Gasteiger partial charge in [-0.05, 0) is 12.4 Å². The van der Waals surface area contributed by atoms with Gasteiger partial charge in [0.2, 0.25) is 0 Å². The van der Waals surface area contributed by atoms with Gasteiger partial charge < -0.3 is 17.9 Å². The maximum Gasteiger partial charge on any atom is 0.0697 e. The van der Waals surface area contributed by atoms with Crippen LogP contribution in [-0.2, 0) is 12.6 Å². The summed E-state index contributed by atoms with van der Waals surface area (Å²) in [5.74, 6) is 0. The van der Waals surface area contributed by atoms with Crippen molar-refractivity contribution < 1.29 is 0 Å². The molecule has 3 nitrogen and oxygen atoms in total. The normalized spacial score (nSPS) is 40.9. The zero-order valence-corrected chi connectivity index (χ0v) is 5.83. The quantitative estimate of drug-likeness (QED) is 0.422. The third-order valence-electron chi connectivity index (χ3n) is 1.29. The van der Waals surface area contributed by atoms with Gasteiger partial charge in [0.25, 0.3) is 0 Å². The number of hydrazine groups is 1. The second kappa shape index (κ2) is 2.23. The van der Waals surface area contributed by atoms with Crippen LogP contribution in [0.1, 0.15) is 6.92 Å². The lowest BCUT2D eigenvalue weighted by molar-refractivity contribution is 0.242. The van der Waals surface area contributed by atoms with Crippen molar-refractivity contribution >= 4 is 12.6 Å². The highest BCUT2D eigenvalue weighted by Gasteiger charge is 2.14. The number of nitrogens with one attached hydrogen (secondary N) is 2. The summed E-state index contributed by atoms with van der Waals surface area (Å²) in [6.07, 6.45) is 0.359. The van der Waals surface area contributed by atoms with Crippen LogP contribution in [0.5, 0.6) is 0 Å². The molecule has 1 fully saturated rings. The summed E-state index contributed by atoms with van der Waals surface area (Å²) in [4.78, 5) is 0. The van der Waals surface area contributed by atoms with Crippen molar-refractivity contribution in [2.75, 3.05) is 7.05 Å². The van der Waals surface area contributed by atoms with E-state index in [0.29, 0.717) is 6.17 Å². The molecule has 1 aliphatic rings. The van der Waals surface area contributed by atoms with E-state index in [0.717, 1.165) is 0 Å². The first kappa shape index (κ1) is 6.35. The number of rotatable bonds is 0. The first-order valence-corrected chi connectivity index (χ1v) is 3.08. The number of hydrogen-bond donors (Lipinski definition) is 2. The topological polar surface area (TPSA) is 27.3 Å². The van der Waals surface area contributed by atoms with Crippen molar-refractivity contribution in [1.29, 1.82) is 0 Å². The van der Waals surface area contributed by atoms with Gasteiger partial charge in [0.05, 0.1) is 6.17 Å². The van der Waals surface area contributed by atoms with E-state index in [1.165, 1.54) is 0 Å². The van der Waals surface area contributed by atoms with Gasteiger partial charge >= 0.3 is 0 Å². The summed E-state index contributed by atoms with van der Waals surface area (Å²) >= 11 is 4.89. The molecule has 1 aliphatic heterocycles. The summed E-state index contributed by atoms with van der Waals surface area (Å²) in [6, 6.07) is 0. The maximum atomic E-state index is 4.89. The molecule has 0 aromatic heterocycles. The highest BCUT2D eigenvalue weighted by Crippen LogP contribution is 1.95. The molecule has 1 saturated heterocycles. The highest BCUT2D eigenvalue weighted by atomic mass is 32.1. The van der Waals surface area contributed by atoms with Gasteiger partial charge in [-0.2, -0.15) is 0 Å². The van der Waals surface area contributed by atoms with Gasteiger partial charge in [0.15, 0.2) is 0 Å². The molecule has 2 N–H and O–H groups in total. The Morgan fingerprint density at radius 2 is 2.25 bits per heavy atom. The predicted molar refractivity (Wildman–Crippen MR) is 34.6 cm³/mol. The third kappa shape index (κ3) is 1.14. The Labute approximate surface area is 54.8 Å². The molecule has 0 radical (unpaired) electrons. The molecule has 8 heavy (non-hydrogen) atoms. The molecule has 0 bridgehead atoms. The van der Waals surface area contributed by atoms with E-state index < -0.39 is 0 Å². The first-order chi connectivity index (χ1) is 3.70. The molecule has 0 saturated carbocycles. The number of hydrogen-bond acceptors (Lipinski definition) is 4. The lowest BCUT2D eigenvalue weighted by Crippen LogP contribution is -2.33.